The Morgan fingerprint density at radius 1 is 1.10 bits per heavy atom. The Balaban J connectivity index is 2.20. The average molecular weight is 422 g/mol. The summed E-state index contributed by atoms with van der Waals surface area (Å²) >= 11 is 0. The van der Waals surface area contributed by atoms with Gasteiger partial charge in [-0.25, -0.2) is 0 Å². The number of Topliss-reactive ketones (excluding diaryl/α,β-unsaturated/α-hetero) is 1. The first kappa shape index (κ1) is 22.6. The van der Waals surface area contributed by atoms with Crippen LogP contribution in [0, 0.1) is 13.8 Å². The molecular weight excluding hydrogens is 390 g/mol. The van der Waals surface area contributed by atoms with Crippen LogP contribution in [-0.4, -0.2) is 35.4 Å². The fourth-order valence-electron chi connectivity index (χ4n) is 4.17. The molecule has 5 heteroatoms. The summed E-state index contributed by atoms with van der Waals surface area (Å²) in [5.74, 6) is -0.263. The summed E-state index contributed by atoms with van der Waals surface area (Å²) < 4.78 is 5.37. The van der Waals surface area contributed by atoms with Gasteiger partial charge in [-0.2, -0.15) is 0 Å². The van der Waals surface area contributed by atoms with E-state index in [9.17, 15) is 14.7 Å². The molecule has 1 amide bonds. The van der Waals surface area contributed by atoms with Gasteiger partial charge in [0.2, 0.25) is 0 Å². The molecule has 1 N–H and O–H groups in total. The third-order valence-electron chi connectivity index (χ3n) is 5.92. The summed E-state index contributed by atoms with van der Waals surface area (Å²) in [7, 11) is 1.60. The van der Waals surface area contributed by atoms with E-state index in [1.807, 2.05) is 51.1 Å². The van der Waals surface area contributed by atoms with Crippen molar-refractivity contribution in [1.29, 1.82) is 0 Å². The summed E-state index contributed by atoms with van der Waals surface area (Å²) in [6.07, 6.45) is 0.717. The Morgan fingerprint density at radius 2 is 1.74 bits per heavy atom. The van der Waals surface area contributed by atoms with Crippen LogP contribution >= 0.6 is 0 Å². The van der Waals surface area contributed by atoms with Crippen LogP contribution in [0.25, 0.3) is 5.76 Å². The van der Waals surface area contributed by atoms with Crippen LogP contribution in [0.5, 0.6) is 5.75 Å². The van der Waals surface area contributed by atoms with E-state index in [2.05, 4.69) is 13.8 Å². The van der Waals surface area contributed by atoms with Gasteiger partial charge >= 0.3 is 0 Å². The van der Waals surface area contributed by atoms with Gasteiger partial charge in [-0.3, -0.25) is 9.59 Å². The minimum atomic E-state index is -0.642. The molecule has 3 rings (SSSR count). The highest BCUT2D eigenvalue weighted by Crippen LogP contribution is 2.40. The lowest BCUT2D eigenvalue weighted by atomic mass is 9.91. The minimum absolute atomic E-state index is 0.141. The third-order valence-corrected chi connectivity index (χ3v) is 5.92. The molecular formula is C26H31NO4. The number of aryl methyl sites for hydroxylation is 2. The van der Waals surface area contributed by atoms with Gasteiger partial charge in [0.05, 0.1) is 18.7 Å². The van der Waals surface area contributed by atoms with Crippen LogP contribution in [0.4, 0.5) is 0 Å². The molecule has 31 heavy (non-hydrogen) atoms. The molecule has 1 aliphatic heterocycles. The smallest absolute Gasteiger partial charge is 0.295 e. The van der Waals surface area contributed by atoms with Gasteiger partial charge in [-0.05, 0) is 60.6 Å². The first-order valence-electron chi connectivity index (χ1n) is 10.7. The monoisotopic (exact) mass is 421 g/mol. The summed E-state index contributed by atoms with van der Waals surface area (Å²) in [5.41, 5.74) is 4.30. The molecule has 1 heterocycles. The van der Waals surface area contributed by atoms with Gasteiger partial charge in [0.25, 0.3) is 11.7 Å². The summed E-state index contributed by atoms with van der Waals surface area (Å²) in [5, 5.41) is 11.3. The number of likely N-dealkylation sites (tertiary alicyclic amines) is 1. The lowest BCUT2D eigenvalue weighted by Gasteiger charge is -2.25. The van der Waals surface area contributed by atoms with Gasteiger partial charge in [0.15, 0.2) is 0 Å². The largest absolute Gasteiger partial charge is 0.507 e. The van der Waals surface area contributed by atoms with Crippen molar-refractivity contribution in [2.75, 3.05) is 13.7 Å². The number of hydrogen-bond donors (Lipinski definition) is 1. The van der Waals surface area contributed by atoms with E-state index in [1.54, 1.807) is 18.1 Å². The van der Waals surface area contributed by atoms with E-state index in [1.165, 1.54) is 5.56 Å². The highest BCUT2D eigenvalue weighted by Gasteiger charge is 2.45. The normalized spacial score (nSPS) is 18.2. The fourth-order valence-corrected chi connectivity index (χ4v) is 4.17. The molecule has 164 valence electrons. The second-order valence-corrected chi connectivity index (χ2v) is 8.45. The SMILES string of the molecule is CCCN1C(=O)C(=O)/C(=C(/O)c2cc(C)c(OC)cc2C)C1c1ccc(C(C)C)cc1. The van der Waals surface area contributed by atoms with Crippen LogP contribution in [0.3, 0.4) is 0 Å². The predicted molar refractivity (Wildman–Crippen MR) is 122 cm³/mol. The molecule has 0 aromatic heterocycles. The second-order valence-electron chi connectivity index (χ2n) is 8.45. The number of benzene rings is 2. The minimum Gasteiger partial charge on any atom is -0.507 e. The zero-order valence-electron chi connectivity index (χ0n) is 19.2. The fraction of sp³-hybridized carbons (Fsp3) is 0.385. The average Bonchev–Trinajstić information content (AvgIpc) is 3.00. The van der Waals surface area contributed by atoms with Crippen LogP contribution in [-0.2, 0) is 9.59 Å². The molecule has 0 spiro atoms. The maximum absolute atomic E-state index is 13.0. The quantitative estimate of drug-likeness (QED) is 0.392. The molecule has 1 saturated heterocycles. The standard InChI is InChI=1S/C26H31NO4/c1-7-12-27-23(19-10-8-18(9-11-19)15(2)3)22(25(29)26(27)30)24(28)20-13-17(5)21(31-6)14-16(20)4/h8-11,13-15,23,28H,7,12H2,1-6H3/b24-22+. The van der Waals surface area contributed by atoms with Gasteiger partial charge in [0, 0.05) is 12.1 Å². The molecule has 0 aliphatic carbocycles. The van der Waals surface area contributed by atoms with Crippen molar-refractivity contribution in [3.05, 3.63) is 69.8 Å². The summed E-state index contributed by atoms with van der Waals surface area (Å²) in [6, 6.07) is 11.0. The zero-order chi connectivity index (χ0) is 22.9. The first-order valence-corrected chi connectivity index (χ1v) is 10.7. The van der Waals surface area contributed by atoms with E-state index >= 15 is 0 Å². The summed E-state index contributed by atoms with van der Waals surface area (Å²) in [6.45, 7) is 10.4. The van der Waals surface area contributed by atoms with Crippen molar-refractivity contribution in [3.8, 4) is 5.75 Å². The maximum atomic E-state index is 13.0. The van der Waals surface area contributed by atoms with E-state index in [4.69, 9.17) is 4.74 Å². The van der Waals surface area contributed by atoms with Gasteiger partial charge in [0.1, 0.15) is 11.5 Å². The van der Waals surface area contributed by atoms with Crippen molar-refractivity contribution in [2.45, 2.75) is 53.0 Å². The van der Waals surface area contributed by atoms with Crippen LogP contribution in [0.1, 0.15) is 67.0 Å². The molecule has 1 unspecified atom stereocenters. The molecule has 2 aromatic carbocycles. The number of methoxy groups -OCH3 is 1. The van der Waals surface area contributed by atoms with Crippen molar-refractivity contribution in [2.24, 2.45) is 0 Å². The van der Waals surface area contributed by atoms with E-state index in [0.717, 1.165) is 16.7 Å². The molecule has 1 aliphatic rings. The number of rotatable bonds is 6. The Bertz CT molecular complexity index is 1030. The predicted octanol–water partition coefficient (Wildman–Crippen LogP) is 5.27. The molecule has 0 bridgehead atoms. The molecule has 0 saturated carbocycles. The van der Waals surface area contributed by atoms with Crippen molar-refractivity contribution in [3.63, 3.8) is 0 Å². The van der Waals surface area contributed by atoms with Gasteiger partial charge in [-0.1, -0.05) is 45.0 Å². The number of hydrogen-bond acceptors (Lipinski definition) is 4. The first-order chi connectivity index (χ1) is 14.7. The lowest BCUT2D eigenvalue weighted by Crippen LogP contribution is -2.30. The number of ether oxygens (including phenoxy) is 1. The summed E-state index contributed by atoms with van der Waals surface area (Å²) in [4.78, 5) is 27.5. The van der Waals surface area contributed by atoms with E-state index in [-0.39, 0.29) is 11.3 Å². The van der Waals surface area contributed by atoms with Crippen molar-refractivity contribution >= 4 is 17.4 Å². The number of amides is 1. The molecule has 1 fully saturated rings. The van der Waals surface area contributed by atoms with Gasteiger partial charge < -0.3 is 14.7 Å². The number of aliphatic hydroxyl groups excluding tert-OH is 1. The molecule has 5 nitrogen and oxygen atoms in total. The number of nitrogens with zero attached hydrogens (tertiary/aromatic N) is 1. The Labute approximate surface area is 184 Å². The molecule has 1 atom stereocenters. The third kappa shape index (κ3) is 4.09. The van der Waals surface area contributed by atoms with E-state index in [0.29, 0.717) is 30.2 Å². The van der Waals surface area contributed by atoms with Crippen LogP contribution in [0.15, 0.2) is 42.0 Å². The van der Waals surface area contributed by atoms with Crippen molar-refractivity contribution in [1.82, 2.24) is 4.90 Å². The number of aliphatic hydroxyl groups is 1. The molecule has 2 aromatic rings. The highest BCUT2D eigenvalue weighted by atomic mass is 16.5. The molecule has 0 radical (unpaired) electrons. The van der Waals surface area contributed by atoms with Gasteiger partial charge in [-0.15, -0.1) is 0 Å². The van der Waals surface area contributed by atoms with Crippen LogP contribution in [0.2, 0.25) is 0 Å². The Hall–Kier alpha value is -3.08. The number of ketones is 1. The lowest BCUT2D eigenvalue weighted by molar-refractivity contribution is -0.139. The zero-order valence-corrected chi connectivity index (χ0v) is 19.2. The second kappa shape index (κ2) is 8.96. The topological polar surface area (TPSA) is 66.8 Å². The maximum Gasteiger partial charge on any atom is 0.295 e. The van der Waals surface area contributed by atoms with Crippen LogP contribution < -0.4 is 4.74 Å². The number of carbonyl (C=O) groups excluding carboxylic acids is 2. The Morgan fingerprint density at radius 3 is 2.29 bits per heavy atom. The highest BCUT2D eigenvalue weighted by molar-refractivity contribution is 6.46. The van der Waals surface area contributed by atoms with E-state index < -0.39 is 17.7 Å². The van der Waals surface area contributed by atoms with Crippen molar-refractivity contribution < 1.29 is 19.4 Å². The Kier molecular flexibility index (Phi) is 6.54. The number of carbonyl (C=O) groups is 2.